The third kappa shape index (κ3) is 1.99. The van der Waals surface area contributed by atoms with Crippen LogP contribution in [0.2, 0.25) is 0 Å². The average Bonchev–Trinajstić information content (AvgIpc) is 3.16. The van der Waals surface area contributed by atoms with Crippen molar-refractivity contribution in [2.45, 2.75) is 51.1 Å². The summed E-state index contributed by atoms with van der Waals surface area (Å²) in [6.45, 7) is 3.17. The molecule has 0 aromatic heterocycles. The Hall–Kier alpha value is -1.13. The summed E-state index contributed by atoms with van der Waals surface area (Å²) in [6, 6.07) is -0.471. The molecule has 1 aliphatic heterocycles. The van der Waals surface area contributed by atoms with Crippen molar-refractivity contribution in [3.05, 3.63) is 0 Å². The van der Waals surface area contributed by atoms with Gasteiger partial charge in [-0.1, -0.05) is 13.3 Å². The number of hydrogen-bond donors (Lipinski definition) is 1. The summed E-state index contributed by atoms with van der Waals surface area (Å²) in [4.78, 5) is 26.1. The number of amides is 2. The lowest BCUT2D eigenvalue weighted by Gasteiger charge is -2.46. The normalized spacial score (nSPS) is 32.6. The second kappa shape index (κ2) is 4.86. The minimum atomic E-state index is -0.840. The first kappa shape index (κ1) is 13.3. The van der Waals surface area contributed by atoms with Crippen LogP contribution in [0, 0.1) is 5.92 Å². The number of nitrogens with one attached hydrogen (secondary N) is 1. The zero-order chi connectivity index (χ0) is 13.3. The summed E-state index contributed by atoms with van der Waals surface area (Å²) in [5.74, 6) is -0.0458. The van der Waals surface area contributed by atoms with E-state index in [-0.39, 0.29) is 24.3 Å². The van der Waals surface area contributed by atoms with Crippen molar-refractivity contribution in [1.82, 2.24) is 10.2 Å². The van der Waals surface area contributed by atoms with E-state index in [9.17, 15) is 14.0 Å². The van der Waals surface area contributed by atoms with Gasteiger partial charge in [0.25, 0.3) is 0 Å². The van der Waals surface area contributed by atoms with E-state index in [1.807, 2.05) is 6.92 Å². The van der Waals surface area contributed by atoms with Gasteiger partial charge < -0.3 is 10.2 Å². The largest absolute Gasteiger partial charge is 0.342 e. The lowest BCUT2D eigenvalue weighted by atomic mass is 9.87. The molecule has 5 heteroatoms. The van der Waals surface area contributed by atoms with Crippen LogP contribution in [0.5, 0.6) is 0 Å². The highest BCUT2D eigenvalue weighted by atomic mass is 19.1. The first-order valence-electron chi connectivity index (χ1n) is 6.74. The standard InChI is InChI=1S/C13H21FN2O2/c1-3-4-10-11(17)16(8-7-14)13(2,9-5-6-9)12(18)15-10/h9-10H,3-8H2,1-2H3,(H,15,18). The minimum absolute atomic E-state index is 0.0272. The van der Waals surface area contributed by atoms with Crippen LogP contribution in [0.1, 0.15) is 39.5 Å². The van der Waals surface area contributed by atoms with Gasteiger partial charge in [-0.3, -0.25) is 9.59 Å². The number of carbonyl (C=O) groups excluding carboxylic acids is 2. The second-order valence-electron chi connectivity index (χ2n) is 5.42. The zero-order valence-corrected chi connectivity index (χ0v) is 11.0. The van der Waals surface area contributed by atoms with E-state index < -0.39 is 18.3 Å². The van der Waals surface area contributed by atoms with Crippen molar-refractivity contribution in [1.29, 1.82) is 0 Å². The van der Waals surface area contributed by atoms with Gasteiger partial charge >= 0.3 is 0 Å². The Labute approximate surface area is 107 Å². The van der Waals surface area contributed by atoms with Crippen LogP contribution in [0.15, 0.2) is 0 Å². The van der Waals surface area contributed by atoms with Crippen LogP contribution in [-0.2, 0) is 9.59 Å². The fourth-order valence-corrected chi connectivity index (χ4v) is 2.87. The van der Waals surface area contributed by atoms with Gasteiger partial charge in [0.2, 0.25) is 11.8 Å². The van der Waals surface area contributed by atoms with Gasteiger partial charge in [0.1, 0.15) is 18.3 Å². The number of halogens is 1. The zero-order valence-electron chi connectivity index (χ0n) is 11.0. The van der Waals surface area contributed by atoms with E-state index in [1.54, 1.807) is 6.92 Å². The van der Waals surface area contributed by atoms with Crippen molar-refractivity contribution in [3.8, 4) is 0 Å². The number of rotatable bonds is 5. The van der Waals surface area contributed by atoms with Gasteiger partial charge in [0, 0.05) is 0 Å². The van der Waals surface area contributed by atoms with Crippen molar-refractivity contribution in [2.24, 2.45) is 5.92 Å². The molecular formula is C13H21FN2O2. The smallest absolute Gasteiger partial charge is 0.246 e. The average molecular weight is 256 g/mol. The monoisotopic (exact) mass is 256 g/mol. The number of alkyl halides is 1. The fraction of sp³-hybridized carbons (Fsp3) is 0.846. The molecule has 0 radical (unpaired) electrons. The van der Waals surface area contributed by atoms with Gasteiger partial charge in [-0.15, -0.1) is 0 Å². The number of carbonyl (C=O) groups is 2. The highest BCUT2D eigenvalue weighted by Crippen LogP contribution is 2.44. The molecule has 2 fully saturated rings. The molecule has 1 N–H and O–H groups in total. The topological polar surface area (TPSA) is 49.4 Å². The minimum Gasteiger partial charge on any atom is -0.342 e. The lowest BCUT2D eigenvalue weighted by molar-refractivity contribution is -0.158. The summed E-state index contributed by atoms with van der Waals surface area (Å²) in [5.41, 5.74) is -0.840. The van der Waals surface area contributed by atoms with Crippen LogP contribution in [0.4, 0.5) is 4.39 Å². The van der Waals surface area contributed by atoms with E-state index >= 15 is 0 Å². The number of piperazine rings is 1. The first-order valence-corrected chi connectivity index (χ1v) is 6.74. The molecule has 2 atom stereocenters. The Kier molecular flexibility index (Phi) is 3.59. The Balaban J connectivity index is 2.25. The molecule has 0 aromatic rings. The van der Waals surface area contributed by atoms with E-state index in [2.05, 4.69) is 5.32 Å². The molecule has 1 aliphatic carbocycles. The molecule has 2 aliphatic rings. The molecular weight excluding hydrogens is 235 g/mol. The van der Waals surface area contributed by atoms with Gasteiger partial charge in [-0.05, 0) is 32.1 Å². The molecule has 2 amide bonds. The first-order chi connectivity index (χ1) is 8.55. The quantitative estimate of drug-likeness (QED) is 0.805. The molecule has 2 rings (SSSR count). The van der Waals surface area contributed by atoms with E-state index in [0.29, 0.717) is 6.42 Å². The summed E-state index contributed by atoms with van der Waals surface area (Å²) in [7, 11) is 0. The molecule has 1 saturated heterocycles. The summed E-state index contributed by atoms with van der Waals surface area (Å²) < 4.78 is 12.7. The number of nitrogens with zero attached hydrogens (tertiary/aromatic N) is 1. The van der Waals surface area contributed by atoms with Gasteiger partial charge in [0.15, 0.2) is 0 Å². The van der Waals surface area contributed by atoms with Crippen molar-refractivity contribution < 1.29 is 14.0 Å². The van der Waals surface area contributed by atoms with Crippen molar-refractivity contribution in [2.75, 3.05) is 13.2 Å². The van der Waals surface area contributed by atoms with Crippen LogP contribution < -0.4 is 5.32 Å². The van der Waals surface area contributed by atoms with E-state index in [0.717, 1.165) is 19.3 Å². The van der Waals surface area contributed by atoms with E-state index in [4.69, 9.17) is 0 Å². The Morgan fingerprint density at radius 1 is 1.44 bits per heavy atom. The SMILES string of the molecule is CCCC1NC(=O)C(C)(C2CC2)N(CCF)C1=O. The maximum absolute atomic E-state index is 12.7. The Bertz CT molecular complexity index is 357. The highest BCUT2D eigenvalue weighted by Gasteiger charge is 2.56. The molecule has 18 heavy (non-hydrogen) atoms. The van der Waals surface area contributed by atoms with Crippen LogP contribution >= 0.6 is 0 Å². The third-order valence-electron chi connectivity index (χ3n) is 4.15. The summed E-state index contributed by atoms with van der Waals surface area (Å²) in [6.07, 6.45) is 3.32. The Morgan fingerprint density at radius 2 is 2.11 bits per heavy atom. The van der Waals surface area contributed by atoms with Gasteiger partial charge in [-0.2, -0.15) is 0 Å². The molecule has 2 unspecified atom stereocenters. The predicted molar refractivity (Wildman–Crippen MR) is 65.7 cm³/mol. The van der Waals surface area contributed by atoms with Crippen LogP contribution in [-0.4, -0.2) is 41.5 Å². The molecule has 0 spiro atoms. The molecule has 0 bridgehead atoms. The summed E-state index contributed by atoms with van der Waals surface area (Å²) in [5, 5.41) is 2.81. The second-order valence-corrected chi connectivity index (χ2v) is 5.42. The predicted octanol–water partition coefficient (Wildman–Crippen LogP) is 1.25. The Morgan fingerprint density at radius 3 is 2.61 bits per heavy atom. The van der Waals surface area contributed by atoms with Gasteiger partial charge in [-0.25, -0.2) is 4.39 Å². The number of hydrogen-bond acceptors (Lipinski definition) is 2. The maximum atomic E-state index is 12.7. The highest BCUT2D eigenvalue weighted by molar-refractivity contribution is 6.00. The molecule has 102 valence electrons. The lowest BCUT2D eigenvalue weighted by Crippen LogP contribution is -2.70. The molecule has 0 aromatic carbocycles. The summed E-state index contributed by atoms with van der Waals surface area (Å²) >= 11 is 0. The molecule has 1 saturated carbocycles. The van der Waals surface area contributed by atoms with Crippen LogP contribution in [0.25, 0.3) is 0 Å². The van der Waals surface area contributed by atoms with Crippen molar-refractivity contribution >= 4 is 11.8 Å². The van der Waals surface area contributed by atoms with Gasteiger partial charge in [0.05, 0.1) is 6.54 Å². The molecule has 1 heterocycles. The maximum Gasteiger partial charge on any atom is 0.246 e. The fourth-order valence-electron chi connectivity index (χ4n) is 2.87. The van der Waals surface area contributed by atoms with Crippen molar-refractivity contribution in [3.63, 3.8) is 0 Å². The van der Waals surface area contributed by atoms with E-state index in [1.165, 1.54) is 4.90 Å². The van der Waals surface area contributed by atoms with Crippen LogP contribution in [0.3, 0.4) is 0 Å². The third-order valence-corrected chi connectivity index (χ3v) is 4.15. The molecule has 4 nitrogen and oxygen atoms in total.